The molecule has 1 fully saturated rings. The number of hydrogen-bond donors (Lipinski definition) is 1. The molecule has 2 aromatic rings. The molecule has 1 saturated heterocycles. The lowest BCUT2D eigenvalue weighted by atomic mass is 10.1. The number of imide groups is 1. The van der Waals surface area contributed by atoms with E-state index in [0.29, 0.717) is 20.7 Å². The minimum absolute atomic E-state index is 0.0798. The number of ether oxygens (including phenoxy) is 2. The molecule has 10 heteroatoms. The van der Waals surface area contributed by atoms with Gasteiger partial charge in [0.1, 0.15) is 5.70 Å². The highest BCUT2D eigenvalue weighted by molar-refractivity contribution is 9.10. The molecule has 0 unspecified atom stereocenters. The van der Waals surface area contributed by atoms with Crippen LogP contribution in [-0.2, 0) is 14.3 Å². The van der Waals surface area contributed by atoms with Gasteiger partial charge in [0.05, 0.1) is 22.3 Å². The summed E-state index contributed by atoms with van der Waals surface area (Å²) >= 11 is 15.4. The number of anilines is 1. The topological polar surface area (TPSA) is 84.9 Å². The van der Waals surface area contributed by atoms with Gasteiger partial charge in [0, 0.05) is 5.02 Å². The molecule has 0 aliphatic carbocycles. The molecule has 0 spiro atoms. The zero-order valence-corrected chi connectivity index (χ0v) is 18.0. The minimum atomic E-state index is -0.577. The lowest BCUT2D eigenvalue weighted by molar-refractivity contribution is -0.142. The van der Waals surface area contributed by atoms with Gasteiger partial charge in [0.25, 0.3) is 5.91 Å². The quantitative estimate of drug-likeness (QED) is 0.374. The molecule has 0 atom stereocenters. The van der Waals surface area contributed by atoms with E-state index in [9.17, 15) is 14.4 Å². The standard InChI is InChI=1S/C19H13BrCl2N2O5/c1-28-16(25)9-29-17-13(20)6-10(7-14(17)22)8-15-18(26)24(19(27)23-15)12-4-2-11(21)3-5-12/h2-8H,9H2,1H3,(H,23,27)/b15-8+. The van der Waals surface area contributed by atoms with Crippen LogP contribution in [0.5, 0.6) is 5.75 Å². The number of urea groups is 1. The van der Waals surface area contributed by atoms with Crippen LogP contribution in [-0.4, -0.2) is 31.6 Å². The van der Waals surface area contributed by atoms with Crippen LogP contribution in [0.25, 0.3) is 6.08 Å². The summed E-state index contributed by atoms with van der Waals surface area (Å²) < 4.78 is 10.3. The fraction of sp³-hybridized carbons (Fsp3) is 0.105. The first-order chi connectivity index (χ1) is 13.8. The Morgan fingerprint density at radius 2 is 1.90 bits per heavy atom. The Balaban J connectivity index is 1.84. The van der Waals surface area contributed by atoms with E-state index in [0.717, 1.165) is 4.90 Å². The first-order valence-corrected chi connectivity index (χ1v) is 9.66. The Morgan fingerprint density at radius 1 is 1.21 bits per heavy atom. The summed E-state index contributed by atoms with van der Waals surface area (Å²) in [5, 5.41) is 3.23. The largest absolute Gasteiger partial charge is 0.479 e. The van der Waals surface area contributed by atoms with Gasteiger partial charge >= 0.3 is 12.0 Å². The van der Waals surface area contributed by atoms with Crippen molar-refractivity contribution in [1.29, 1.82) is 0 Å². The minimum Gasteiger partial charge on any atom is -0.479 e. The van der Waals surface area contributed by atoms with Crippen molar-refractivity contribution in [1.82, 2.24) is 5.32 Å². The number of carbonyl (C=O) groups is 3. The maximum absolute atomic E-state index is 12.7. The Morgan fingerprint density at radius 3 is 2.52 bits per heavy atom. The van der Waals surface area contributed by atoms with Crippen molar-refractivity contribution in [2.45, 2.75) is 0 Å². The SMILES string of the molecule is COC(=O)COc1c(Cl)cc(/C=C2/NC(=O)N(c3ccc(Cl)cc3)C2=O)cc1Br. The van der Waals surface area contributed by atoms with Gasteiger partial charge in [-0.2, -0.15) is 0 Å². The highest BCUT2D eigenvalue weighted by Crippen LogP contribution is 2.35. The predicted molar refractivity (Wildman–Crippen MR) is 112 cm³/mol. The Hall–Kier alpha value is -2.55. The van der Waals surface area contributed by atoms with Gasteiger partial charge < -0.3 is 14.8 Å². The van der Waals surface area contributed by atoms with E-state index in [-0.39, 0.29) is 23.1 Å². The molecule has 0 bridgehead atoms. The number of amides is 3. The van der Waals surface area contributed by atoms with Gasteiger partial charge in [-0.05, 0) is 64.0 Å². The lowest BCUT2D eigenvalue weighted by Crippen LogP contribution is -2.30. The fourth-order valence-electron chi connectivity index (χ4n) is 2.52. The molecule has 0 radical (unpaired) electrons. The van der Waals surface area contributed by atoms with Crippen LogP contribution in [0.1, 0.15) is 5.56 Å². The number of rotatable bonds is 5. The van der Waals surface area contributed by atoms with Gasteiger partial charge in [-0.25, -0.2) is 14.5 Å². The van der Waals surface area contributed by atoms with Gasteiger partial charge in [-0.1, -0.05) is 23.2 Å². The predicted octanol–water partition coefficient (Wildman–Crippen LogP) is 4.41. The number of nitrogens with one attached hydrogen (secondary N) is 1. The van der Waals surface area contributed by atoms with Crippen molar-refractivity contribution in [3.8, 4) is 5.75 Å². The van der Waals surface area contributed by atoms with Crippen LogP contribution in [0, 0.1) is 0 Å². The summed E-state index contributed by atoms with van der Waals surface area (Å²) in [6, 6.07) is 8.91. The zero-order chi connectivity index (χ0) is 21.1. The normalized spacial score (nSPS) is 14.9. The van der Waals surface area contributed by atoms with E-state index < -0.39 is 17.9 Å². The highest BCUT2D eigenvalue weighted by atomic mass is 79.9. The van der Waals surface area contributed by atoms with Crippen LogP contribution in [0.2, 0.25) is 10.0 Å². The molecule has 150 valence electrons. The summed E-state index contributed by atoms with van der Waals surface area (Å²) in [5.41, 5.74) is 1.01. The summed E-state index contributed by atoms with van der Waals surface area (Å²) in [7, 11) is 1.25. The van der Waals surface area contributed by atoms with Crippen molar-refractivity contribution in [3.63, 3.8) is 0 Å². The van der Waals surface area contributed by atoms with E-state index in [1.807, 2.05) is 0 Å². The van der Waals surface area contributed by atoms with E-state index >= 15 is 0 Å². The molecule has 7 nitrogen and oxygen atoms in total. The maximum Gasteiger partial charge on any atom is 0.343 e. The monoisotopic (exact) mass is 498 g/mol. The van der Waals surface area contributed by atoms with E-state index in [4.69, 9.17) is 27.9 Å². The molecule has 29 heavy (non-hydrogen) atoms. The molecule has 0 aromatic heterocycles. The second kappa shape index (κ2) is 8.86. The number of halogens is 3. The lowest BCUT2D eigenvalue weighted by Gasteiger charge is -2.11. The molecule has 1 N–H and O–H groups in total. The first-order valence-electron chi connectivity index (χ1n) is 8.11. The Labute approximate surface area is 184 Å². The van der Waals surface area contributed by atoms with Crippen molar-refractivity contribution in [2.24, 2.45) is 0 Å². The summed E-state index contributed by atoms with van der Waals surface area (Å²) in [6.45, 7) is -0.306. The molecule has 1 aliphatic heterocycles. The number of carbonyl (C=O) groups excluding carboxylic acids is 3. The maximum atomic E-state index is 12.7. The molecule has 3 amide bonds. The Bertz CT molecular complexity index is 1000. The average molecular weight is 500 g/mol. The molecular formula is C19H13BrCl2N2O5. The van der Waals surface area contributed by atoms with E-state index in [1.165, 1.54) is 19.3 Å². The molecule has 2 aromatic carbocycles. The van der Waals surface area contributed by atoms with E-state index in [2.05, 4.69) is 26.0 Å². The number of esters is 1. The molecule has 0 saturated carbocycles. The molecule has 3 rings (SSSR count). The first kappa shape index (κ1) is 21.2. The number of methoxy groups -OCH3 is 1. The third kappa shape index (κ3) is 4.72. The third-order valence-corrected chi connectivity index (χ3v) is 4.98. The number of nitrogens with zero attached hydrogens (tertiary/aromatic N) is 1. The van der Waals surface area contributed by atoms with Crippen LogP contribution in [0.3, 0.4) is 0 Å². The van der Waals surface area contributed by atoms with Crippen LogP contribution < -0.4 is 15.0 Å². The molecule has 1 aliphatic rings. The van der Waals surface area contributed by atoms with Crippen LogP contribution in [0.4, 0.5) is 10.5 Å². The van der Waals surface area contributed by atoms with E-state index in [1.54, 1.807) is 30.3 Å². The third-order valence-electron chi connectivity index (χ3n) is 3.86. The summed E-state index contributed by atoms with van der Waals surface area (Å²) in [6.07, 6.45) is 1.48. The van der Waals surface area contributed by atoms with Gasteiger partial charge in [-0.15, -0.1) is 0 Å². The van der Waals surface area contributed by atoms with Crippen molar-refractivity contribution < 1.29 is 23.9 Å². The van der Waals surface area contributed by atoms with Crippen molar-refractivity contribution in [2.75, 3.05) is 18.6 Å². The van der Waals surface area contributed by atoms with Gasteiger partial charge in [0.15, 0.2) is 12.4 Å². The molecule has 1 heterocycles. The highest BCUT2D eigenvalue weighted by Gasteiger charge is 2.34. The van der Waals surface area contributed by atoms with Crippen LogP contribution in [0.15, 0.2) is 46.6 Å². The Kier molecular flexibility index (Phi) is 6.46. The second-order valence-electron chi connectivity index (χ2n) is 5.78. The molecular weight excluding hydrogens is 487 g/mol. The van der Waals surface area contributed by atoms with Crippen molar-refractivity contribution in [3.05, 3.63) is 62.2 Å². The van der Waals surface area contributed by atoms with Gasteiger partial charge in [0.2, 0.25) is 0 Å². The second-order valence-corrected chi connectivity index (χ2v) is 7.48. The number of hydrogen-bond acceptors (Lipinski definition) is 5. The smallest absolute Gasteiger partial charge is 0.343 e. The number of benzene rings is 2. The summed E-state index contributed by atoms with van der Waals surface area (Å²) in [4.78, 5) is 37.2. The zero-order valence-electron chi connectivity index (χ0n) is 14.9. The van der Waals surface area contributed by atoms with Crippen LogP contribution >= 0.6 is 39.1 Å². The summed E-state index contributed by atoms with van der Waals surface area (Å²) in [5.74, 6) is -0.819. The van der Waals surface area contributed by atoms with Crippen molar-refractivity contribution >= 4 is 68.8 Å². The fourth-order valence-corrected chi connectivity index (χ4v) is 3.63. The average Bonchev–Trinajstić information content (AvgIpc) is 2.95. The van der Waals surface area contributed by atoms with Gasteiger partial charge in [-0.3, -0.25) is 4.79 Å².